The average Bonchev–Trinajstić information content (AvgIpc) is 2.90. The van der Waals surface area contributed by atoms with E-state index in [2.05, 4.69) is 5.32 Å². The highest BCUT2D eigenvalue weighted by atomic mass is 35.5. The van der Waals surface area contributed by atoms with Gasteiger partial charge in [-0.25, -0.2) is 8.42 Å². The summed E-state index contributed by atoms with van der Waals surface area (Å²) < 4.78 is 25.6. The zero-order valence-corrected chi connectivity index (χ0v) is 18.1. The summed E-state index contributed by atoms with van der Waals surface area (Å²) in [5, 5.41) is 3.28. The van der Waals surface area contributed by atoms with E-state index in [9.17, 15) is 13.2 Å². The third kappa shape index (κ3) is 3.89. The van der Waals surface area contributed by atoms with Gasteiger partial charge in [0.1, 0.15) is 0 Å². The van der Waals surface area contributed by atoms with Gasteiger partial charge in [-0.3, -0.25) is 9.10 Å². The molecule has 6 nitrogen and oxygen atoms in total. The lowest BCUT2D eigenvalue weighted by Gasteiger charge is -2.45. The van der Waals surface area contributed by atoms with Gasteiger partial charge in [-0.05, 0) is 74.6 Å². The van der Waals surface area contributed by atoms with Gasteiger partial charge in [-0.15, -0.1) is 12.4 Å². The highest BCUT2D eigenvalue weighted by molar-refractivity contribution is 7.92. The third-order valence-electron chi connectivity index (χ3n) is 6.53. The highest BCUT2D eigenvalue weighted by Crippen LogP contribution is 2.40. The first kappa shape index (κ1) is 21.4. The van der Waals surface area contributed by atoms with Crippen LogP contribution in [-0.4, -0.2) is 38.7 Å². The number of nitrogens with one attached hydrogen (secondary N) is 1. The summed E-state index contributed by atoms with van der Waals surface area (Å²) in [6, 6.07) is 5.73. The third-order valence-corrected chi connectivity index (χ3v) is 7.80. The molecule has 28 heavy (non-hydrogen) atoms. The SMILES string of the molecule is CC1Cc2cc(C(=O)NC3C4CCCC3CC(N)C4)ccc2N1S(C)(=O)=O.Cl. The Morgan fingerprint density at radius 2 is 1.86 bits per heavy atom. The number of halogens is 1. The van der Waals surface area contributed by atoms with Crippen molar-refractivity contribution in [3.8, 4) is 0 Å². The largest absolute Gasteiger partial charge is 0.349 e. The van der Waals surface area contributed by atoms with Gasteiger partial charge in [0, 0.05) is 23.7 Å². The Morgan fingerprint density at radius 3 is 2.46 bits per heavy atom. The zero-order valence-electron chi connectivity index (χ0n) is 16.4. The summed E-state index contributed by atoms with van der Waals surface area (Å²) >= 11 is 0. The molecule has 0 saturated heterocycles. The first-order valence-corrected chi connectivity index (χ1v) is 11.8. The Balaban J connectivity index is 0.00000225. The molecule has 2 bridgehead atoms. The molecule has 0 spiro atoms. The van der Waals surface area contributed by atoms with Crippen LogP contribution in [-0.2, 0) is 16.4 Å². The zero-order chi connectivity index (χ0) is 19.3. The van der Waals surface area contributed by atoms with Crippen molar-refractivity contribution in [3.63, 3.8) is 0 Å². The summed E-state index contributed by atoms with van der Waals surface area (Å²) in [4.78, 5) is 12.9. The monoisotopic (exact) mass is 427 g/mol. The van der Waals surface area contributed by atoms with Crippen LogP contribution < -0.4 is 15.4 Å². The summed E-state index contributed by atoms with van der Waals surface area (Å²) in [6.07, 6.45) is 7.35. The van der Waals surface area contributed by atoms with E-state index in [1.54, 1.807) is 12.1 Å². The van der Waals surface area contributed by atoms with Crippen LogP contribution in [0.25, 0.3) is 0 Å². The number of amides is 1. The molecule has 2 aliphatic carbocycles. The van der Waals surface area contributed by atoms with Gasteiger partial charge >= 0.3 is 0 Å². The fraction of sp³-hybridized carbons (Fsp3) is 0.650. The van der Waals surface area contributed by atoms with Crippen LogP contribution in [0.4, 0.5) is 5.69 Å². The van der Waals surface area contributed by atoms with Crippen LogP contribution >= 0.6 is 12.4 Å². The molecule has 1 aromatic carbocycles. The van der Waals surface area contributed by atoms with Crippen LogP contribution in [0.15, 0.2) is 18.2 Å². The highest BCUT2D eigenvalue weighted by Gasteiger charge is 2.40. The first-order valence-electron chi connectivity index (χ1n) is 9.93. The van der Waals surface area contributed by atoms with Gasteiger partial charge < -0.3 is 11.1 Å². The lowest BCUT2D eigenvalue weighted by atomic mass is 9.67. The number of fused-ring (bicyclic) bond motifs is 3. The number of sulfonamides is 1. The van der Waals surface area contributed by atoms with E-state index in [1.165, 1.54) is 17.0 Å². The van der Waals surface area contributed by atoms with Crippen molar-refractivity contribution in [2.45, 2.75) is 63.6 Å². The quantitative estimate of drug-likeness (QED) is 0.774. The Hall–Kier alpha value is -1.31. The minimum atomic E-state index is -3.32. The van der Waals surface area contributed by atoms with Gasteiger partial charge in [0.05, 0.1) is 11.9 Å². The molecule has 1 aliphatic heterocycles. The molecule has 1 heterocycles. The van der Waals surface area contributed by atoms with E-state index >= 15 is 0 Å². The fourth-order valence-corrected chi connectivity index (χ4v) is 6.77. The number of carbonyl (C=O) groups excluding carboxylic acids is 1. The molecule has 1 aromatic rings. The molecule has 3 unspecified atom stereocenters. The number of hydrogen-bond donors (Lipinski definition) is 2. The molecule has 0 radical (unpaired) electrons. The van der Waals surface area contributed by atoms with Gasteiger partial charge in [-0.1, -0.05) is 6.42 Å². The smallest absolute Gasteiger partial charge is 0.251 e. The molecular formula is C20H30ClN3O3S. The second kappa shape index (κ2) is 7.84. The van der Waals surface area contributed by atoms with Crippen LogP contribution in [0.1, 0.15) is 54.9 Å². The Kier molecular flexibility index (Phi) is 5.99. The van der Waals surface area contributed by atoms with Crippen molar-refractivity contribution < 1.29 is 13.2 Å². The molecule has 2 fully saturated rings. The number of anilines is 1. The fourth-order valence-electron chi connectivity index (χ4n) is 5.51. The molecule has 156 valence electrons. The van der Waals surface area contributed by atoms with Crippen LogP contribution in [0.3, 0.4) is 0 Å². The van der Waals surface area contributed by atoms with Crippen molar-refractivity contribution in [2.75, 3.05) is 10.6 Å². The van der Waals surface area contributed by atoms with Crippen molar-refractivity contribution in [1.29, 1.82) is 0 Å². The van der Waals surface area contributed by atoms with Crippen LogP contribution in [0, 0.1) is 11.8 Å². The Bertz CT molecular complexity index is 846. The standard InChI is InChI=1S/C20H29N3O3S.ClH/c1-12-8-16-9-15(6-7-18(16)23(12)27(2,25)26)20(24)22-19-13-4-3-5-14(19)11-17(21)10-13;/h6-7,9,12-14,17,19H,3-5,8,10-11,21H2,1-2H3,(H,22,24);1H. The number of nitrogens with zero attached hydrogens (tertiary/aromatic N) is 1. The topological polar surface area (TPSA) is 92.5 Å². The number of rotatable bonds is 3. The Morgan fingerprint density at radius 1 is 1.21 bits per heavy atom. The van der Waals surface area contributed by atoms with Crippen molar-refractivity contribution in [1.82, 2.24) is 5.32 Å². The Labute approximate surface area is 173 Å². The van der Waals surface area contributed by atoms with E-state index in [0.29, 0.717) is 29.5 Å². The summed E-state index contributed by atoms with van der Waals surface area (Å²) in [7, 11) is -3.32. The van der Waals surface area contributed by atoms with E-state index < -0.39 is 10.0 Å². The van der Waals surface area contributed by atoms with Gasteiger partial charge in [0.25, 0.3) is 5.91 Å². The van der Waals surface area contributed by atoms with Crippen LogP contribution in [0.5, 0.6) is 0 Å². The number of nitrogens with two attached hydrogens (primary N) is 1. The van der Waals surface area contributed by atoms with E-state index in [1.807, 2.05) is 13.0 Å². The summed E-state index contributed by atoms with van der Waals surface area (Å²) in [5.74, 6) is 0.902. The first-order chi connectivity index (χ1) is 12.7. The molecule has 8 heteroatoms. The van der Waals surface area contributed by atoms with Gasteiger partial charge in [-0.2, -0.15) is 0 Å². The van der Waals surface area contributed by atoms with Crippen LogP contribution in [0.2, 0.25) is 0 Å². The predicted octanol–water partition coefficient (Wildman–Crippen LogP) is 2.45. The predicted molar refractivity (Wildman–Crippen MR) is 113 cm³/mol. The maximum Gasteiger partial charge on any atom is 0.251 e. The number of benzene rings is 1. The molecule has 3 aliphatic rings. The molecule has 4 rings (SSSR count). The second-order valence-electron chi connectivity index (χ2n) is 8.64. The maximum absolute atomic E-state index is 12.9. The van der Waals surface area contributed by atoms with E-state index in [4.69, 9.17) is 5.73 Å². The van der Waals surface area contributed by atoms with Gasteiger partial charge in [0.15, 0.2) is 0 Å². The normalized spacial score (nSPS) is 31.7. The minimum Gasteiger partial charge on any atom is -0.349 e. The number of hydrogen-bond acceptors (Lipinski definition) is 4. The van der Waals surface area contributed by atoms with E-state index in [0.717, 1.165) is 31.2 Å². The number of carbonyl (C=O) groups is 1. The molecular weight excluding hydrogens is 398 g/mol. The molecule has 3 N–H and O–H groups in total. The minimum absolute atomic E-state index is 0. The van der Waals surface area contributed by atoms with Crippen molar-refractivity contribution in [2.24, 2.45) is 17.6 Å². The second-order valence-corrected chi connectivity index (χ2v) is 10.5. The van der Waals surface area contributed by atoms with Crippen molar-refractivity contribution >= 4 is 34.0 Å². The maximum atomic E-state index is 12.9. The molecule has 1 amide bonds. The van der Waals surface area contributed by atoms with Gasteiger partial charge in [0.2, 0.25) is 10.0 Å². The van der Waals surface area contributed by atoms with E-state index in [-0.39, 0.29) is 36.4 Å². The molecule has 0 aromatic heterocycles. The lowest BCUT2D eigenvalue weighted by Crippen LogP contribution is -2.53. The molecule has 3 atom stereocenters. The summed E-state index contributed by atoms with van der Waals surface area (Å²) in [6.45, 7) is 1.90. The lowest BCUT2D eigenvalue weighted by molar-refractivity contribution is 0.0756. The summed E-state index contributed by atoms with van der Waals surface area (Å²) in [5.41, 5.74) is 8.42. The molecule has 2 saturated carbocycles. The average molecular weight is 428 g/mol. The van der Waals surface area contributed by atoms with Crippen molar-refractivity contribution in [3.05, 3.63) is 29.3 Å².